The van der Waals surface area contributed by atoms with Crippen molar-refractivity contribution in [2.75, 3.05) is 19.6 Å². The fourth-order valence-corrected chi connectivity index (χ4v) is 3.93. The van der Waals surface area contributed by atoms with Gasteiger partial charge in [-0.15, -0.1) is 0 Å². The van der Waals surface area contributed by atoms with Crippen LogP contribution in [0.4, 0.5) is 0 Å². The molecule has 0 aromatic heterocycles. The molecule has 1 saturated carbocycles. The number of hydrogen-bond donors (Lipinski definition) is 1. The van der Waals surface area contributed by atoms with Gasteiger partial charge in [-0.1, -0.05) is 37.1 Å². The number of aryl methyl sites for hydroxylation is 1. The summed E-state index contributed by atoms with van der Waals surface area (Å²) < 4.78 is 0. The normalized spacial score (nSPS) is 23.0. The molecule has 1 aromatic carbocycles. The number of rotatable bonds is 3. The van der Waals surface area contributed by atoms with E-state index < -0.39 is 0 Å². The number of hydrogen-bond acceptors (Lipinski definition) is 2. The van der Waals surface area contributed by atoms with E-state index in [-0.39, 0.29) is 0 Å². The summed E-state index contributed by atoms with van der Waals surface area (Å²) in [4.78, 5) is 2.66. The second kappa shape index (κ2) is 5.64. The molecule has 19 heavy (non-hydrogen) atoms. The van der Waals surface area contributed by atoms with Gasteiger partial charge in [0.1, 0.15) is 0 Å². The molecule has 1 aromatic rings. The predicted molar refractivity (Wildman–Crippen MR) is 80.0 cm³/mol. The Balaban J connectivity index is 1.72. The SMILES string of the molecule is NCC1(CN2CCCc3ccccc3C2)CCCC1. The molecule has 2 heteroatoms. The zero-order chi connectivity index (χ0) is 13.1. The zero-order valence-electron chi connectivity index (χ0n) is 11.9. The van der Waals surface area contributed by atoms with Crippen LogP contribution in [0.1, 0.15) is 43.2 Å². The van der Waals surface area contributed by atoms with Crippen LogP contribution in [0.5, 0.6) is 0 Å². The largest absolute Gasteiger partial charge is 0.330 e. The van der Waals surface area contributed by atoms with Crippen molar-refractivity contribution in [3.63, 3.8) is 0 Å². The zero-order valence-corrected chi connectivity index (χ0v) is 11.9. The van der Waals surface area contributed by atoms with Crippen LogP contribution in [0.25, 0.3) is 0 Å². The summed E-state index contributed by atoms with van der Waals surface area (Å²) in [6.07, 6.45) is 7.95. The topological polar surface area (TPSA) is 29.3 Å². The maximum Gasteiger partial charge on any atom is 0.0236 e. The highest BCUT2D eigenvalue weighted by atomic mass is 15.1. The molecule has 0 unspecified atom stereocenters. The molecule has 1 fully saturated rings. The molecule has 1 heterocycles. The van der Waals surface area contributed by atoms with Crippen LogP contribution in [0.3, 0.4) is 0 Å². The summed E-state index contributed by atoms with van der Waals surface area (Å²) in [5, 5.41) is 0. The molecule has 2 N–H and O–H groups in total. The molecule has 2 aliphatic rings. The van der Waals surface area contributed by atoms with Gasteiger partial charge in [0, 0.05) is 13.1 Å². The van der Waals surface area contributed by atoms with Crippen LogP contribution in [-0.2, 0) is 13.0 Å². The Morgan fingerprint density at radius 2 is 1.79 bits per heavy atom. The molecule has 0 saturated heterocycles. The molecule has 0 amide bonds. The summed E-state index contributed by atoms with van der Waals surface area (Å²) >= 11 is 0. The van der Waals surface area contributed by atoms with Gasteiger partial charge < -0.3 is 5.73 Å². The van der Waals surface area contributed by atoms with E-state index in [1.807, 2.05) is 0 Å². The Hall–Kier alpha value is -0.860. The molecular weight excluding hydrogens is 232 g/mol. The van der Waals surface area contributed by atoms with E-state index >= 15 is 0 Å². The second-order valence-corrected chi connectivity index (χ2v) is 6.49. The highest BCUT2D eigenvalue weighted by molar-refractivity contribution is 5.28. The van der Waals surface area contributed by atoms with Crippen molar-refractivity contribution in [2.24, 2.45) is 11.1 Å². The first kappa shape index (κ1) is 13.1. The average Bonchev–Trinajstić information content (AvgIpc) is 2.80. The van der Waals surface area contributed by atoms with Gasteiger partial charge in [-0.3, -0.25) is 4.90 Å². The standard InChI is InChI=1S/C17H26N2/c18-13-17(9-3-4-10-17)14-19-11-5-8-15-6-1-2-7-16(15)12-19/h1-2,6-7H,3-5,8-14,18H2. The van der Waals surface area contributed by atoms with E-state index in [0.717, 1.165) is 13.1 Å². The van der Waals surface area contributed by atoms with Crippen LogP contribution in [0.15, 0.2) is 24.3 Å². The number of benzene rings is 1. The monoisotopic (exact) mass is 258 g/mol. The third kappa shape index (κ3) is 2.85. The molecule has 0 bridgehead atoms. The van der Waals surface area contributed by atoms with Crippen LogP contribution in [0.2, 0.25) is 0 Å². The lowest BCUT2D eigenvalue weighted by atomic mass is 9.85. The van der Waals surface area contributed by atoms with Gasteiger partial charge in [0.25, 0.3) is 0 Å². The van der Waals surface area contributed by atoms with Crippen molar-refractivity contribution in [1.82, 2.24) is 4.90 Å². The molecule has 0 radical (unpaired) electrons. The van der Waals surface area contributed by atoms with E-state index in [1.54, 1.807) is 5.56 Å². The van der Waals surface area contributed by atoms with Crippen LogP contribution in [0, 0.1) is 5.41 Å². The Labute approximate surface area is 117 Å². The molecule has 3 rings (SSSR count). The first-order valence-corrected chi connectivity index (χ1v) is 7.81. The number of nitrogens with two attached hydrogens (primary N) is 1. The minimum absolute atomic E-state index is 0.416. The van der Waals surface area contributed by atoms with Crippen LogP contribution >= 0.6 is 0 Å². The summed E-state index contributed by atoms with van der Waals surface area (Å²) in [5.41, 5.74) is 9.60. The van der Waals surface area contributed by atoms with Gasteiger partial charge in [0.15, 0.2) is 0 Å². The lowest BCUT2D eigenvalue weighted by Gasteiger charge is -2.34. The summed E-state index contributed by atoms with van der Waals surface area (Å²) in [6.45, 7) is 4.43. The maximum absolute atomic E-state index is 6.09. The Bertz CT molecular complexity index is 421. The molecule has 0 spiro atoms. The van der Waals surface area contributed by atoms with Gasteiger partial charge in [-0.05, 0) is 55.3 Å². The van der Waals surface area contributed by atoms with Crippen LogP contribution < -0.4 is 5.73 Å². The average molecular weight is 258 g/mol. The second-order valence-electron chi connectivity index (χ2n) is 6.49. The maximum atomic E-state index is 6.09. The van der Waals surface area contributed by atoms with E-state index in [9.17, 15) is 0 Å². The fraction of sp³-hybridized carbons (Fsp3) is 0.647. The van der Waals surface area contributed by atoms with Gasteiger partial charge in [0.2, 0.25) is 0 Å². The summed E-state index contributed by atoms with van der Waals surface area (Å²) in [6, 6.07) is 8.95. The lowest BCUT2D eigenvalue weighted by Crippen LogP contribution is -2.40. The smallest absolute Gasteiger partial charge is 0.0236 e. The Morgan fingerprint density at radius 3 is 2.53 bits per heavy atom. The van der Waals surface area contributed by atoms with Crippen molar-refractivity contribution >= 4 is 0 Å². The van der Waals surface area contributed by atoms with Crippen molar-refractivity contribution < 1.29 is 0 Å². The summed E-state index contributed by atoms with van der Waals surface area (Å²) in [7, 11) is 0. The molecule has 104 valence electrons. The minimum Gasteiger partial charge on any atom is -0.330 e. The van der Waals surface area contributed by atoms with Crippen molar-refractivity contribution in [3.05, 3.63) is 35.4 Å². The van der Waals surface area contributed by atoms with E-state index in [4.69, 9.17) is 5.73 Å². The van der Waals surface area contributed by atoms with Crippen LogP contribution in [-0.4, -0.2) is 24.5 Å². The number of fused-ring (bicyclic) bond motifs is 1. The third-order valence-electron chi connectivity index (χ3n) is 5.09. The highest BCUT2D eigenvalue weighted by Gasteiger charge is 2.34. The molecule has 2 nitrogen and oxygen atoms in total. The van der Waals surface area contributed by atoms with Gasteiger partial charge in [-0.2, -0.15) is 0 Å². The van der Waals surface area contributed by atoms with Gasteiger partial charge in [0.05, 0.1) is 0 Å². The number of nitrogens with zero attached hydrogens (tertiary/aromatic N) is 1. The van der Waals surface area contributed by atoms with Gasteiger partial charge in [-0.25, -0.2) is 0 Å². The van der Waals surface area contributed by atoms with Gasteiger partial charge >= 0.3 is 0 Å². The molecule has 1 aliphatic heterocycles. The Morgan fingerprint density at radius 1 is 1.05 bits per heavy atom. The molecule has 0 atom stereocenters. The van der Waals surface area contributed by atoms with Crippen molar-refractivity contribution in [1.29, 1.82) is 0 Å². The first-order valence-electron chi connectivity index (χ1n) is 7.81. The lowest BCUT2D eigenvalue weighted by molar-refractivity contribution is 0.153. The van der Waals surface area contributed by atoms with Crippen molar-refractivity contribution in [3.8, 4) is 0 Å². The third-order valence-corrected chi connectivity index (χ3v) is 5.09. The fourth-order valence-electron chi connectivity index (χ4n) is 3.93. The van der Waals surface area contributed by atoms with E-state index in [0.29, 0.717) is 5.41 Å². The van der Waals surface area contributed by atoms with Crippen molar-refractivity contribution in [2.45, 2.75) is 45.1 Å². The minimum atomic E-state index is 0.416. The molecular formula is C17H26N2. The molecule has 1 aliphatic carbocycles. The Kier molecular flexibility index (Phi) is 3.90. The quantitative estimate of drug-likeness (QED) is 0.903. The highest BCUT2D eigenvalue weighted by Crippen LogP contribution is 2.38. The summed E-state index contributed by atoms with van der Waals surface area (Å²) in [5.74, 6) is 0. The van der Waals surface area contributed by atoms with E-state index in [1.165, 1.54) is 57.2 Å². The first-order chi connectivity index (χ1) is 9.31. The predicted octanol–water partition coefficient (Wildman–Crippen LogP) is 2.95. The van der Waals surface area contributed by atoms with E-state index in [2.05, 4.69) is 29.2 Å².